The van der Waals surface area contributed by atoms with Crippen molar-refractivity contribution < 1.29 is 42.1 Å². The topological polar surface area (TPSA) is 90.3 Å². The smallest absolute Gasteiger partial charge is 0.480 e. The molecule has 0 aliphatic carbocycles. The van der Waals surface area contributed by atoms with E-state index >= 15 is 0 Å². The Hall–Kier alpha value is -2.24. The highest BCUT2D eigenvalue weighted by Crippen LogP contribution is 2.27. The van der Waals surface area contributed by atoms with Gasteiger partial charge in [0.05, 0.1) is 6.61 Å². The van der Waals surface area contributed by atoms with Crippen LogP contribution >= 0.6 is 0 Å². The summed E-state index contributed by atoms with van der Waals surface area (Å²) in [5.41, 5.74) is 0.127. The van der Waals surface area contributed by atoms with Gasteiger partial charge in [0, 0.05) is 44.4 Å². The average molecular weight is 438 g/mol. The van der Waals surface area contributed by atoms with Crippen molar-refractivity contribution in [3.05, 3.63) is 35.6 Å². The minimum Gasteiger partial charge on any atom is -0.480 e. The van der Waals surface area contributed by atoms with Gasteiger partial charge >= 0.3 is 18.1 Å². The van der Waals surface area contributed by atoms with Gasteiger partial charge in [-0.15, -0.1) is 0 Å². The number of rotatable bonds is 6. The van der Waals surface area contributed by atoms with Gasteiger partial charge in [-0.2, -0.15) is 13.2 Å². The summed E-state index contributed by atoms with van der Waals surface area (Å²) < 4.78 is 51.0. The van der Waals surface area contributed by atoms with E-state index in [9.17, 15) is 27.5 Å². The number of carboxylic acid groups (broad SMARTS) is 2. The predicted molar refractivity (Wildman–Crippen MR) is 99.6 cm³/mol. The van der Waals surface area contributed by atoms with Crippen LogP contribution in [-0.2, 0) is 14.3 Å². The summed E-state index contributed by atoms with van der Waals surface area (Å²) in [5.74, 6) is -4.24. The first-order chi connectivity index (χ1) is 13.8. The highest BCUT2D eigenvalue weighted by molar-refractivity contribution is 5.75. The van der Waals surface area contributed by atoms with E-state index in [1.165, 1.54) is 6.07 Å². The molecule has 170 valence electrons. The van der Waals surface area contributed by atoms with E-state index in [4.69, 9.17) is 14.6 Å². The summed E-state index contributed by atoms with van der Waals surface area (Å²) in [6, 6.07) is 5.16. The molecule has 7 nitrogen and oxygen atoms in total. The number of halogens is 4. The van der Waals surface area contributed by atoms with Crippen LogP contribution < -0.4 is 0 Å². The molecule has 1 aliphatic heterocycles. The van der Waals surface area contributed by atoms with E-state index in [0.717, 1.165) is 13.1 Å². The molecule has 1 saturated heterocycles. The summed E-state index contributed by atoms with van der Waals surface area (Å²) in [6.45, 7) is 7.46. The Morgan fingerprint density at radius 1 is 1.10 bits per heavy atom. The minimum absolute atomic E-state index is 0.0996. The van der Waals surface area contributed by atoms with Crippen LogP contribution in [0.3, 0.4) is 0 Å². The molecule has 30 heavy (non-hydrogen) atoms. The number of carbonyl (C=O) groups is 2. The number of piperazine rings is 1. The number of hydrogen-bond donors (Lipinski definition) is 2. The third kappa shape index (κ3) is 7.22. The zero-order valence-electron chi connectivity index (χ0n) is 16.9. The Morgan fingerprint density at radius 3 is 2.00 bits per heavy atom. The first kappa shape index (κ1) is 25.8. The van der Waals surface area contributed by atoms with Crippen molar-refractivity contribution in [2.24, 2.45) is 0 Å². The molecule has 0 saturated carbocycles. The van der Waals surface area contributed by atoms with Crippen LogP contribution in [0.2, 0.25) is 0 Å². The van der Waals surface area contributed by atoms with Crippen molar-refractivity contribution in [1.82, 2.24) is 9.80 Å². The maximum atomic E-state index is 14.0. The Morgan fingerprint density at radius 2 is 1.60 bits per heavy atom. The molecule has 0 bridgehead atoms. The van der Waals surface area contributed by atoms with Gasteiger partial charge in [-0.05, 0) is 19.9 Å². The number of carboxylic acids is 2. The molecule has 1 atom stereocenters. The van der Waals surface area contributed by atoms with Crippen LogP contribution in [0.4, 0.5) is 17.6 Å². The van der Waals surface area contributed by atoms with Crippen molar-refractivity contribution in [2.75, 3.05) is 39.9 Å². The van der Waals surface area contributed by atoms with Crippen molar-refractivity contribution in [3.63, 3.8) is 0 Å². The molecule has 1 aliphatic rings. The third-order valence-electron chi connectivity index (χ3n) is 4.71. The summed E-state index contributed by atoms with van der Waals surface area (Å²) >= 11 is 0. The first-order valence-corrected chi connectivity index (χ1v) is 9.06. The Labute approximate surface area is 171 Å². The summed E-state index contributed by atoms with van der Waals surface area (Å²) in [4.78, 5) is 24.7. The van der Waals surface area contributed by atoms with Gasteiger partial charge in [-0.25, -0.2) is 9.18 Å². The second-order valence-corrected chi connectivity index (χ2v) is 7.33. The van der Waals surface area contributed by atoms with Crippen molar-refractivity contribution in [1.29, 1.82) is 0 Å². The van der Waals surface area contributed by atoms with Crippen molar-refractivity contribution >= 4 is 11.9 Å². The normalized spacial score (nSPS) is 17.0. The van der Waals surface area contributed by atoms with Gasteiger partial charge in [0.15, 0.2) is 0 Å². The zero-order chi connectivity index (χ0) is 23.1. The van der Waals surface area contributed by atoms with Gasteiger partial charge in [-0.1, -0.05) is 18.2 Å². The van der Waals surface area contributed by atoms with E-state index in [0.29, 0.717) is 19.7 Å². The van der Waals surface area contributed by atoms with Crippen molar-refractivity contribution in [2.45, 2.75) is 31.6 Å². The van der Waals surface area contributed by atoms with Crippen LogP contribution in [0.25, 0.3) is 0 Å². The quantitative estimate of drug-likeness (QED) is 0.660. The number of benzene rings is 1. The highest BCUT2D eigenvalue weighted by Gasteiger charge is 2.38. The lowest BCUT2D eigenvalue weighted by Gasteiger charge is -2.45. The summed E-state index contributed by atoms with van der Waals surface area (Å²) in [6.07, 6.45) is -5.08. The molecule has 1 unspecified atom stereocenters. The second kappa shape index (κ2) is 10.7. The van der Waals surface area contributed by atoms with Gasteiger partial charge in [0.2, 0.25) is 0 Å². The van der Waals surface area contributed by atoms with Gasteiger partial charge < -0.3 is 14.9 Å². The van der Waals surface area contributed by atoms with E-state index in [1.807, 2.05) is 4.90 Å². The van der Waals surface area contributed by atoms with E-state index in [1.54, 1.807) is 25.3 Å². The van der Waals surface area contributed by atoms with Crippen LogP contribution in [0.1, 0.15) is 25.5 Å². The average Bonchev–Trinajstić information content (AvgIpc) is 2.63. The lowest BCUT2D eigenvalue weighted by atomic mass is 10.0. The second-order valence-electron chi connectivity index (χ2n) is 7.33. The van der Waals surface area contributed by atoms with E-state index in [-0.39, 0.29) is 11.1 Å². The maximum absolute atomic E-state index is 14.0. The molecule has 1 heterocycles. The fraction of sp³-hybridized carbons (Fsp3) is 0.579. The number of hydrogen-bond acceptors (Lipinski definition) is 5. The molecule has 2 N–H and O–H groups in total. The van der Waals surface area contributed by atoms with Crippen LogP contribution in [0, 0.1) is 5.82 Å². The Bertz CT molecular complexity index is 719. The Kier molecular flexibility index (Phi) is 9.19. The number of methoxy groups -OCH3 is 1. The molecule has 0 spiro atoms. The minimum atomic E-state index is -5.08. The first-order valence-electron chi connectivity index (χ1n) is 9.06. The number of ether oxygens (including phenoxy) is 1. The molecular formula is C19H26F4N2O5. The summed E-state index contributed by atoms with van der Waals surface area (Å²) in [7, 11) is 1.68. The molecular weight excluding hydrogens is 412 g/mol. The van der Waals surface area contributed by atoms with Gasteiger partial charge in [-0.3, -0.25) is 14.6 Å². The Balaban J connectivity index is 0.000000553. The van der Waals surface area contributed by atoms with Crippen LogP contribution in [0.15, 0.2) is 24.3 Å². The van der Waals surface area contributed by atoms with Crippen molar-refractivity contribution in [3.8, 4) is 0 Å². The molecule has 1 aromatic carbocycles. The largest absolute Gasteiger partial charge is 0.490 e. The SMILES string of the molecule is COCC(C)(C)N1CCN(C(C(=O)O)c2ccccc2F)CC1.O=C(O)C(F)(F)F. The number of aliphatic carboxylic acids is 2. The van der Waals surface area contributed by atoms with Gasteiger partial charge in [0.1, 0.15) is 11.9 Å². The molecule has 2 rings (SSSR count). The highest BCUT2D eigenvalue weighted by atomic mass is 19.4. The van der Waals surface area contributed by atoms with Gasteiger partial charge in [0.25, 0.3) is 0 Å². The standard InChI is InChI=1S/C17H25FN2O3.C2HF3O2/c1-17(2,12-23-3)20-10-8-19(9-11-20)15(16(21)22)13-6-4-5-7-14(13)18;3-2(4,5)1(6)7/h4-7,15H,8-12H2,1-3H3,(H,21,22);(H,6,7). The third-order valence-corrected chi connectivity index (χ3v) is 4.71. The molecule has 11 heteroatoms. The fourth-order valence-electron chi connectivity index (χ4n) is 3.21. The zero-order valence-corrected chi connectivity index (χ0v) is 16.9. The predicted octanol–water partition coefficient (Wildman–Crippen LogP) is 2.63. The molecule has 1 aromatic rings. The number of nitrogens with zero attached hydrogens (tertiary/aromatic N) is 2. The molecule has 0 aromatic heterocycles. The number of alkyl halides is 3. The lowest BCUT2D eigenvalue weighted by Crippen LogP contribution is -2.57. The van der Waals surface area contributed by atoms with E-state index in [2.05, 4.69) is 18.7 Å². The maximum Gasteiger partial charge on any atom is 0.490 e. The monoisotopic (exact) mass is 438 g/mol. The van der Waals surface area contributed by atoms with Crippen LogP contribution in [-0.4, -0.2) is 83.6 Å². The summed E-state index contributed by atoms with van der Waals surface area (Å²) in [5, 5.41) is 16.7. The molecule has 1 fully saturated rings. The molecule has 0 amide bonds. The molecule has 0 radical (unpaired) electrons. The van der Waals surface area contributed by atoms with Crippen LogP contribution in [0.5, 0.6) is 0 Å². The lowest BCUT2D eigenvalue weighted by molar-refractivity contribution is -0.192. The van der Waals surface area contributed by atoms with E-state index < -0.39 is 30.0 Å². The fourth-order valence-corrected chi connectivity index (χ4v) is 3.21.